The quantitative estimate of drug-likeness (QED) is 0.797. The lowest BCUT2D eigenvalue weighted by molar-refractivity contribution is 0.523. The summed E-state index contributed by atoms with van der Waals surface area (Å²) >= 11 is 0. The van der Waals surface area contributed by atoms with E-state index in [-0.39, 0.29) is 0 Å². The molecule has 2 aromatic carbocycles. The van der Waals surface area contributed by atoms with E-state index in [0.29, 0.717) is 5.71 Å². The molecule has 0 heterocycles. The Morgan fingerprint density at radius 1 is 0.955 bits per heavy atom. The average molecular weight is 314 g/mol. The molecule has 0 fully saturated rings. The Morgan fingerprint density at radius 3 is 2.05 bits per heavy atom. The zero-order chi connectivity index (χ0) is 16.0. The van der Waals surface area contributed by atoms with E-state index in [1.165, 1.54) is 14.1 Å². The first-order valence-electron chi connectivity index (χ1n) is 6.80. The Kier molecular flexibility index (Phi) is 5.25. The van der Waals surface area contributed by atoms with Crippen LogP contribution < -0.4 is 0 Å². The standard InChI is InChI=1S/C17H18N2O2S/c1-19(2)22(20,21)18-17(16-11-7-4-8-12-16)14-13-15-9-5-3-6-10-15/h3-14H,1-2H3/b14-13+,18-17-. The van der Waals surface area contributed by atoms with Crippen LogP contribution >= 0.6 is 0 Å². The number of rotatable bonds is 5. The smallest absolute Gasteiger partial charge is 0.189 e. The largest absolute Gasteiger partial charge is 0.322 e. The van der Waals surface area contributed by atoms with Crippen LogP contribution in [0.15, 0.2) is 71.1 Å². The SMILES string of the molecule is CN(C)S(=O)(=O)/N=C(/C=C/c1ccccc1)c1ccccc1. The van der Waals surface area contributed by atoms with Gasteiger partial charge < -0.3 is 0 Å². The fraction of sp³-hybridized carbons (Fsp3) is 0.118. The van der Waals surface area contributed by atoms with Crippen LogP contribution in [0.1, 0.15) is 11.1 Å². The maximum absolute atomic E-state index is 12.0. The zero-order valence-electron chi connectivity index (χ0n) is 12.5. The summed E-state index contributed by atoms with van der Waals surface area (Å²) in [5.41, 5.74) is 2.13. The molecule has 22 heavy (non-hydrogen) atoms. The number of hydrogen-bond acceptors (Lipinski definition) is 2. The highest BCUT2D eigenvalue weighted by molar-refractivity contribution is 7.87. The first kappa shape index (κ1) is 16.1. The summed E-state index contributed by atoms with van der Waals surface area (Å²) in [6, 6.07) is 18.9. The Bertz CT molecular complexity index is 765. The summed E-state index contributed by atoms with van der Waals surface area (Å²) < 4.78 is 29.1. The lowest BCUT2D eigenvalue weighted by Gasteiger charge is -2.08. The van der Waals surface area contributed by atoms with Crippen LogP contribution in [0.5, 0.6) is 0 Å². The number of allylic oxidation sites excluding steroid dienone is 1. The minimum Gasteiger partial charge on any atom is -0.189 e. The third-order valence-electron chi connectivity index (χ3n) is 2.98. The predicted molar refractivity (Wildman–Crippen MR) is 91.1 cm³/mol. The molecule has 0 amide bonds. The summed E-state index contributed by atoms with van der Waals surface area (Å²) in [7, 11) is -0.759. The maximum atomic E-state index is 12.0. The van der Waals surface area contributed by atoms with Crippen molar-refractivity contribution in [3.8, 4) is 0 Å². The highest BCUT2D eigenvalue weighted by Gasteiger charge is 2.13. The highest BCUT2D eigenvalue weighted by Crippen LogP contribution is 2.09. The van der Waals surface area contributed by atoms with E-state index in [1.54, 1.807) is 6.08 Å². The summed E-state index contributed by atoms with van der Waals surface area (Å²) in [6.45, 7) is 0. The third-order valence-corrected chi connectivity index (χ3v) is 4.33. The van der Waals surface area contributed by atoms with Crippen molar-refractivity contribution < 1.29 is 8.42 Å². The topological polar surface area (TPSA) is 49.7 Å². The molecule has 0 spiro atoms. The Hall–Kier alpha value is -2.24. The van der Waals surface area contributed by atoms with Gasteiger partial charge in [-0.2, -0.15) is 12.7 Å². The van der Waals surface area contributed by atoms with Crippen molar-refractivity contribution in [2.45, 2.75) is 0 Å². The Morgan fingerprint density at radius 2 is 1.50 bits per heavy atom. The highest BCUT2D eigenvalue weighted by atomic mass is 32.2. The van der Waals surface area contributed by atoms with Gasteiger partial charge >= 0.3 is 10.2 Å². The molecule has 114 valence electrons. The molecule has 2 rings (SSSR count). The molecule has 0 N–H and O–H groups in total. The van der Waals surface area contributed by atoms with Gasteiger partial charge in [-0.3, -0.25) is 0 Å². The fourth-order valence-electron chi connectivity index (χ4n) is 1.73. The minimum absolute atomic E-state index is 0.401. The second kappa shape index (κ2) is 7.15. The lowest BCUT2D eigenvalue weighted by Crippen LogP contribution is -2.21. The Labute approximate surface area is 131 Å². The van der Waals surface area contributed by atoms with Gasteiger partial charge in [0.1, 0.15) is 0 Å². The van der Waals surface area contributed by atoms with Crippen LogP contribution in [0.25, 0.3) is 6.08 Å². The maximum Gasteiger partial charge on any atom is 0.322 e. The molecule has 0 bridgehead atoms. The minimum atomic E-state index is -3.68. The Balaban J connectivity index is 2.44. The average Bonchev–Trinajstić information content (AvgIpc) is 2.53. The van der Waals surface area contributed by atoms with Crippen molar-refractivity contribution in [3.05, 3.63) is 77.9 Å². The second-order valence-corrected chi connectivity index (χ2v) is 6.66. The zero-order valence-corrected chi connectivity index (χ0v) is 13.4. The molecule has 0 radical (unpaired) electrons. The van der Waals surface area contributed by atoms with Crippen LogP contribution in [0.2, 0.25) is 0 Å². The van der Waals surface area contributed by atoms with E-state index in [2.05, 4.69) is 4.40 Å². The molecule has 5 heteroatoms. The molecule has 0 saturated carbocycles. The van der Waals surface area contributed by atoms with Gasteiger partial charge in [0.05, 0.1) is 5.71 Å². The van der Waals surface area contributed by atoms with Gasteiger partial charge in [-0.1, -0.05) is 66.7 Å². The van der Waals surface area contributed by atoms with Gasteiger partial charge in [0, 0.05) is 19.7 Å². The molecule has 0 aliphatic rings. The van der Waals surface area contributed by atoms with Crippen molar-refractivity contribution in [1.82, 2.24) is 4.31 Å². The van der Waals surface area contributed by atoms with E-state index in [1.807, 2.05) is 66.7 Å². The van der Waals surface area contributed by atoms with Gasteiger partial charge in [-0.05, 0) is 11.6 Å². The lowest BCUT2D eigenvalue weighted by atomic mass is 10.1. The fourth-order valence-corrected chi connectivity index (χ4v) is 2.31. The molecule has 4 nitrogen and oxygen atoms in total. The van der Waals surface area contributed by atoms with E-state index < -0.39 is 10.2 Å². The summed E-state index contributed by atoms with van der Waals surface area (Å²) in [5, 5.41) is 0. The van der Waals surface area contributed by atoms with Gasteiger partial charge in [-0.15, -0.1) is 4.40 Å². The molecule has 0 aliphatic carbocycles. The molecular weight excluding hydrogens is 296 g/mol. The van der Waals surface area contributed by atoms with Gasteiger partial charge in [-0.25, -0.2) is 0 Å². The summed E-state index contributed by atoms with van der Waals surface area (Å²) in [5.74, 6) is 0. The molecule has 0 atom stereocenters. The molecule has 2 aromatic rings. The normalized spacial score (nSPS) is 13.0. The van der Waals surface area contributed by atoms with Crippen LogP contribution in [-0.4, -0.2) is 32.5 Å². The number of hydrogen-bond donors (Lipinski definition) is 0. The predicted octanol–water partition coefficient (Wildman–Crippen LogP) is 3.00. The molecule has 0 saturated heterocycles. The van der Waals surface area contributed by atoms with Crippen molar-refractivity contribution in [2.75, 3.05) is 14.1 Å². The number of benzene rings is 2. The van der Waals surface area contributed by atoms with E-state index in [4.69, 9.17) is 0 Å². The third kappa shape index (κ3) is 4.38. The summed E-state index contributed by atoms with van der Waals surface area (Å²) in [4.78, 5) is 0. The second-order valence-electron chi connectivity index (χ2n) is 4.85. The van der Waals surface area contributed by atoms with Crippen LogP contribution in [-0.2, 0) is 10.2 Å². The summed E-state index contributed by atoms with van der Waals surface area (Å²) in [6.07, 6.45) is 3.56. The van der Waals surface area contributed by atoms with Crippen molar-refractivity contribution in [1.29, 1.82) is 0 Å². The van der Waals surface area contributed by atoms with Gasteiger partial charge in [0.2, 0.25) is 0 Å². The van der Waals surface area contributed by atoms with E-state index >= 15 is 0 Å². The van der Waals surface area contributed by atoms with Gasteiger partial charge in [0.15, 0.2) is 0 Å². The molecule has 0 aromatic heterocycles. The molecule has 0 unspecified atom stereocenters. The van der Waals surface area contributed by atoms with E-state index in [0.717, 1.165) is 15.4 Å². The van der Waals surface area contributed by atoms with Crippen molar-refractivity contribution in [2.24, 2.45) is 4.40 Å². The van der Waals surface area contributed by atoms with Crippen LogP contribution in [0.3, 0.4) is 0 Å². The van der Waals surface area contributed by atoms with Crippen molar-refractivity contribution in [3.63, 3.8) is 0 Å². The van der Waals surface area contributed by atoms with Gasteiger partial charge in [0.25, 0.3) is 0 Å². The first-order valence-corrected chi connectivity index (χ1v) is 8.20. The molecular formula is C17H18N2O2S. The van der Waals surface area contributed by atoms with Crippen LogP contribution in [0.4, 0.5) is 0 Å². The van der Waals surface area contributed by atoms with Crippen LogP contribution in [0, 0.1) is 0 Å². The van der Waals surface area contributed by atoms with E-state index in [9.17, 15) is 8.42 Å². The first-order chi connectivity index (χ1) is 10.5. The molecule has 0 aliphatic heterocycles. The number of nitrogens with zero attached hydrogens (tertiary/aromatic N) is 2. The monoisotopic (exact) mass is 314 g/mol. The van der Waals surface area contributed by atoms with Crippen molar-refractivity contribution >= 4 is 22.0 Å².